The molecule has 1 saturated heterocycles. The van der Waals surface area contributed by atoms with Crippen LogP contribution < -0.4 is 0 Å². The highest BCUT2D eigenvalue weighted by atomic mass is 16.5. The van der Waals surface area contributed by atoms with Gasteiger partial charge in [-0.2, -0.15) is 0 Å². The molecule has 0 aromatic carbocycles. The highest BCUT2D eigenvalue weighted by Crippen LogP contribution is 2.62. The first-order valence-corrected chi connectivity index (χ1v) is 7.02. The van der Waals surface area contributed by atoms with Crippen molar-refractivity contribution in [1.82, 2.24) is 0 Å². The Morgan fingerprint density at radius 3 is 2.06 bits per heavy atom. The van der Waals surface area contributed by atoms with Gasteiger partial charge in [0, 0.05) is 17.4 Å². The van der Waals surface area contributed by atoms with Crippen molar-refractivity contribution in [3.05, 3.63) is 0 Å². The van der Waals surface area contributed by atoms with E-state index in [1.807, 2.05) is 0 Å². The quantitative estimate of drug-likeness (QED) is 0.798. The predicted molar refractivity (Wildman–Crippen MR) is 63.2 cm³/mol. The third-order valence-electron chi connectivity index (χ3n) is 5.78. The van der Waals surface area contributed by atoms with E-state index >= 15 is 0 Å². The van der Waals surface area contributed by atoms with Gasteiger partial charge in [0.15, 0.2) is 0 Å². The summed E-state index contributed by atoms with van der Waals surface area (Å²) in [6.45, 7) is 2.25. The molecule has 1 aliphatic heterocycles. The fraction of sp³-hybridized carbons (Fsp3) is 1.00. The third-order valence-corrected chi connectivity index (χ3v) is 5.78. The summed E-state index contributed by atoms with van der Waals surface area (Å²) in [5.41, 5.74) is 0.605. The van der Waals surface area contributed by atoms with Gasteiger partial charge in [0.1, 0.15) is 0 Å². The zero-order valence-electron chi connectivity index (χ0n) is 10.2. The van der Waals surface area contributed by atoms with Crippen LogP contribution in [0.15, 0.2) is 0 Å². The van der Waals surface area contributed by atoms with E-state index in [-0.39, 0.29) is 5.41 Å². The summed E-state index contributed by atoms with van der Waals surface area (Å²) >= 11 is 0. The van der Waals surface area contributed by atoms with Gasteiger partial charge in [0.2, 0.25) is 0 Å². The first-order chi connectivity index (χ1) is 7.83. The van der Waals surface area contributed by atoms with E-state index in [0.29, 0.717) is 12.0 Å². The average molecular weight is 224 g/mol. The molecule has 0 spiro atoms. The van der Waals surface area contributed by atoms with E-state index in [9.17, 15) is 5.11 Å². The molecule has 0 aromatic heterocycles. The lowest BCUT2D eigenvalue weighted by atomic mass is 9.47. The van der Waals surface area contributed by atoms with E-state index in [4.69, 9.17) is 4.74 Å². The van der Waals surface area contributed by atoms with Crippen molar-refractivity contribution in [3.63, 3.8) is 0 Å². The monoisotopic (exact) mass is 224 g/mol. The summed E-state index contributed by atoms with van der Waals surface area (Å²) in [6, 6.07) is 0. The second kappa shape index (κ2) is 3.99. The van der Waals surface area contributed by atoms with Crippen LogP contribution >= 0.6 is 0 Å². The maximum absolute atomic E-state index is 9.81. The summed E-state index contributed by atoms with van der Waals surface area (Å²) in [6.07, 6.45) is 10.8. The minimum Gasteiger partial charge on any atom is -0.396 e. The first kappa shape index (κ1) is 11.0. The molecule has 3 rings (SSSR count). The van der Waals surface area contributed by atoms with Gasteiger partial charge in [-0.05, 0) is 31.6 Å². The van der Waals surface area contributed by atoms with Gasteiger partial charge in [0.25, 0.3) is 0 Å². The Bertz CT molecular complexity index is 242. The van der Waals surface area contributed by atoms with Crippen LogP contribution in [0.4, 0.5) is 0 Å². The minimum absolute atomic E-state index is 0.243. The van der Waals surface area contributed by atoms with Crippen molar-refractivity contribution in [2.75, 3.05) is 19.8 Å². The molecule has 1 N–H and O–H groups in total. The van der Waals surface area contributed by atoms with Crippen LogP contribution in [0.1, 0.15) is 51.4 Å². The average Bonchev–Trinajstić information content (AvgIpc) is 2.22. The van der Waals surface area contributed by atoms with Crippen LogP contribution in [0.2, 0.25) is 0 Å². The molecule has 0 amide bonds. The molecule has 2 heteroatoms. The number of aliphatic hydroxyl groups excluding tert-OH is 1. The van der Waals surface area contributed by atoms with Crippen molar-refractivity contribution in [2.45, 2.75) is 51.4 Å². The van der Waals surface area contributed by atoms with Crippen LogP contribution in [-0.4, -0.2) is 24.9 Å². The Balaban J connectivity index is 1.81. The standard InChI is InChI=1S/C14H24O2/c15-9-13(7-4-8-13)14(10-16-11-14)12-5-2-1-3-6-12/h12,15H,1-11H2. The fourth-order valence-corrected chi connectivity index (χ4v) is 4.37. The molecule has 1 heterocycles. The summed E-state index contributed by atoms with van der Waals surface area (Å²) < 4.78 is 5.56. The van der Waals surface area contributed by atoms with Crippen molar-refractivity contribution in [2.24, 2.45) is 16.7 Å². The Labute approximate surface area is 98.4 Å². The van der Waals surface area contributed by atoms with Gasteiger partial charge in [-0.3, -0.25) is 0 Å². The minimum atomic E-state index is 0.243. The van der Waals surface area contributed by atoms with Crippen LogP contribution in [-0.2, 0) is 4.74 Å². The second-order valence-corrected chi connectivity index (χ2v) is 6.28. The normalized spacial score (nSPS) is 32.8. The van der Waals surface area contributed by atoms with Gasteiger partial charge in [-0.1, -0.05) is 25.7 Å². The van der Waals surface area contributed by atoms with Crippen molar-refractivity contribution in [3.8, 4) is 0 Å². The van der Waals surface area contributed by atoms with E-state index in [1.165, 1.54) is 51.4 Å². The highest BCUT2D eigenvalue weighted by molar-refractivity contribution is 5.09. The summed E-state index contributed by atoms with van der Waals surface area (Å²) in [7, 11) is 0. The van der Waals surface area contributed by atoms with Crippen molar-refractivity contribution < 1.29 is 9.84 Å². The van der Waals surface area contributed by atoms with E-state index in [1.54, 1.807) is 0 Å². The lowest BCUT2D eigenvalue weighted by Gasteiger charge is -2.63. The molecule has 16 heavy (non-hydrogen) atoms. The van der Waals surface area contributed by atoms with Crippen LogP contribution in [0.25, 0.3) is 0 Å². The molecule has 0 atom stereocenters. The Morgan fingerprint density at radius 1 is 1.00 bits per heavy atom. The number of hydrogen-bond donors (Lipinski definition) is 1. The van der Waals surface area contributed by atoms with E-state index < -0.39 is 0 Å². The van der Waals surface area contributed by atoms with Gasteiger partial charge in [-0.25, -0.2) is 0 Å². The highest BCUT2D eigenvalue weighted by Gasteiger charge is 2.61. The maximum atomic E-state index is 9.81. The SMILES string of the molecule is OCC1(C2(C3CCCCC3)COC2)CCC1. The maximum Gasteiger partial charge on any atom is 0.0553 e. The summed E-state index contributed by atoms with van der Waals surface area (Å²) in [5, 5.41) is 9.81. The Morgan fingerprint density at radius 2 is 1.69 bits per heavy atom. The number of aliphatic hydroxyl groups is 1. The van der Waals surface area contributed by atoms with Crippen LogP contribution in [0, 0.1) is 16.7 Å². The fourth-order valence-electron chi connectivity index (χ4n) is 4.37. The zero-order chi connectivity index (χ0) is 11.1. The van der Waals surface area contributed by atoms with Crippen molar-refractivity contribution >= 4 is 0 Å². The molecule has 3 aliphatic rings. The molecule has 0 radical (unpaired) electrons. The summed E-state index contributed by atoms with van der Waals surface area (Å²) in [4.78, 5) is 0. The van der Waals surface area contributed by atoms with E-state index in [2.05, 4.69) is 0 Å². The lowest BCUT2D eigenvalue weighted by molar-refractivity contribution is -0.254. The smallest absolute Gasteiger partial charge is 0.0553 e. The molecular weight excluding hydrogens is 200 g/mol. The molecule has 0 unspecified atom stereocenters. The molecule has 0 aromatic rings. The molecule has 92 valence electrons. The number of ether oxygens (including phenoxy) is 1. The molecule has 2 aliphatic carbocycles. The molecule has 3 fully saturated rings. The molecule has 0 bridgehead atoms. The van der Waals surface area contributed by atoms with Gasteiger partial charge in [-0.15, -0.1) is 0 Å². The topological polar surface area (TPSA) is 29.5 Å². The van der Waals surface area contributed by atoms with Crippen molar-refractivity contribution in [1.29, 1.82) is 0 Å². The first-order valence-electron chi connectivity index (χ1n) is 7.02. The Hall–Kier alpha value is -0.0800. The molecule has 2 saturated carbocycles. The molecular formula is C14H24O2. The van der Waals surface area contributed by atoms with Gasteiger partial charge in [0.05, 0.1) is 13.2 Å². The van der Waals surface area contributed by atoms with Gasteiger partial charge >= 0.3 is 0 Å². The third kappa shape index (κ3) is 1.32. The second-order valence-electron chi connectivity index (χ2n) is 6.28. The Kier molecular flexibility index (Phi) is 2.75. The number of rotatable bonds is 3. The van der Waals surface area contributed by atoms with E-state index in [0.717, 1.165) is 19.1 Å². The largest absolute Gasteiger partial charge is 0.396 e. The summed E-state index contributed by atoms with van der Waals surface area (Å²) in [5.74, 6) is 0.836. The van der Waals surface area contributed by atoms with Crippen LogP contribution in [0.5, 0.6) is 0 Å². The van der Waals surface area contributed by atoms with Crippen LogP contribution in [0.3, 0.4) is 0 Å². The zero-order valence-corrected chi connectivity index (χ0v) is 10.2. The number of hydrogen-bond acceptors (Lipinski definition) is 2. The van der Waals surface area contributed by atoms with Gasteiger partial charge < -0.3 is 9.84 Å². The molecule has 2 nitrogen and oxygen atoms in total. The predicted octanol–water partition coefficient (Wildman–Crippen LogP) is 2.75. The lowest BCUT2D eigenvalue weighted by Crippen LogP contribution is -2.63.